The number of ether oxygens (including phenoxy) is 2. The molecule has 1 amide bonds. The molecule has 0 unspecified atom stereocenters. The number of piperazine rings is 1. The van der Waals surface area contributed by atoms with Crippen molar-refractivity contribution in [2.75, 3.05) is 50.6 Å². The second-order valence-corrected chi connectivity index (χ2v) is 8.25. The standard InChI is InChI=1S/C26H28ClN3O3/c1-32-23-13-12-20(18-21(23)27)28-26(31)25(19-8-4-3-5-9-19)30-16-14-29(15-17-30)22-10-6-7-11-24(22)33-2/h3-13,18,25H,14-17H2,1-2H3,(H,28,31)/t25-/m0/s1. The smallest absolute Gasteiger partial charge is 0.246 e. The highest BCUT2D eigenvalue weighted by atomic mass is 35.5. The van der Waals surface area contributed by atoms with Gasteiger partial charge < -0.3 is 19.7 Å². The van der Waals surface area contributed by atoms with Gasteiger partial charge in [0, 0.05) is 31.9 Å². The summed E-state index contributed by atoms with van der Waals surface area (Å²) in [7, 11) is 3.26. The Bertz CT molecular complexity index is 1090. The van der Waals surface area contributed by atoms with Crippen molar-refractivity contribution in [2.45, 2.75) is 6.04 Å². The molecule has 0 aromatic heterocycles. The quantitative estimate of drug-likeness (QED) is 0.540. The van der Waals surface area contributed by atoms with E-state index >= 15 is 0 Å². The highest BCUT2D eigenvalue weighted by molar-refractivity contribution is 6.32. The maximum Gasteiger partial charge on any atom is 0.246 e. The van der Waals surface area contributed by atoms with Crippen LogP contribution in [-0.4, -0.2) is 51.2 Å². The van der Waals surface area contributed by atoms with Crippen molar-refractivity contribution in [2.24, 2.45) is 0 Å². The Morgan fingerprint density at radius 2 is 1.55 bits per heavy atom. The van der Waals surface area contributed by atoms with Crippen LogP contribution in [0.1, 0.15) is 11.6 Å². The summed E-state index contributed by atoms with van der Waals surface area (Å²) in [5, 5.41) is 3.49. The highest BCUT2D eigenvalue weighted by Gasteiger charge is 2.31. The van der Waals surface area contributed by atoms with Crippen LogP contribution < -0.4 is 19.7 Å². The summed E-state index contributed by atoms with van der Waals surface area (Å²) >= 11 is 6.25. The molecule has 1 saturated heterocycles. The Hall–Kier alpha value is -3.22. The lowest BCUT2D eigenvalue weighted by molar-refractivity contribution is -0.121. The van der Waals surface area contributed by atoms with E-state index in [-0.39, 0.29) is 5.91 Å². The zero-order valence-corrected chi connectivity index (χ0v) is 19.6. The second kappa shape index (κ2) is 10.6. The van der Waals surface area contributed by atoms with Gasteiger partial charge in [-0.3, -0.25) is 9.69 Å². The summed E-state index contributed by atoms with van der Waals surface area (Å²) in [6, 6.07) is 22.8. The predicted octanol–water partition coefficient (Wildman–Crippen LogP) is 4.86. The molecular formula is C26H28ClN3O3. The Morgan fingerprint density at radius 1 is 0.879 bits per heavy atom. The maximum atomic E-state index is 13.5. The van der Waals surface area contributed by atoms with Gasteiger partial charge in [0.25, 0.3) is 0 Å². The average Bonchev–Trinajstić information content (AvgIpc) is 2.85. The Kier molecular flexibility index (Phi) is 7.37. The fourth-order valence-corrected chi connectivity index (χ4v) is 4.49. The van der Waals surface area contributed by atoms with E-state index in [1.165, 1.54) is 0 Å². The van der Waals surface area contributed by atoms with E-state index in [1.54, 1.807) is 32.4 Å². The van der Waals surface area contributed by atoms with Crippen molar-refractivity contribution in [1.82, 2.24) is 4.90 Å². The van der Waals surface area contributed by atoms with Gasteiger partial charge >= 0.3 is 0 Å². The van der Waals surface area contributed by atoms with Crippen LogP contribution in [0.2, 0.25) is 5.02 Å². The lowest BCUT2D eigenvalue weighted by atomic mass is 10.0. The van der Waals surface area contributed by atoms with Crippen LogP contribution in [0.5, 0.6) is 11.5 Å². The summed E-state index contributed by atoms with van der Waals surface area (Å²) in [6.45, 7) is 3.08. The van der Waals surface area contributed by atoms with Gasteiger partial charge in [-0.05, 0) is 35.9 Å². The zero-order chi connectivity index (χ0) is 23.2. The number of halogens is 1. The number of carbonyl (C=O) groups is 1. The average molecular weight is 466 g/mol. The van der Waals surface area contributed by atoms with Crippen molar-refractivity contribution in [3.8, 4) is 11.5 Å². The van der Waals surface area contributed by atoms with Crippen molar-refractivity contribution < 1.29 is 14.3 Å². The van der Waals surface area contributed by atoms with Crippen LogP contribution in [0.25, 0.3) is 0 Å². The van der Waals surface area contributed by atoms with Gasteiger partial charge in [-0.2, -0.15) is 0 Å². The van der Waals surface area contributed by atoms with Crippen LogP contribution in [0, 0.1) is 0 Å². The molecule has 0 saturated carbocycles. The molecule has 0 radical (unpaired) electrons. The number of hydrogen-bond donors (Lipinski definition) is 1. The Labute approximate surface area is 199 Å². The molecule has 1 N–H and O–H groups in total. The van der Waals surface area contributed by atoms with Crippen molar-refractivity contribution in [1.29, 1.82) is 0 Å². The second-order valence-electron chi connectivity index (χ2n) is 7.85. The van der Waals surface area contributed by atoms with Crippen LogP contribution in [0.3, 0.4) is 0 Å². The molecule has 1 aliphatic heterocycles. The third-order valence-electron chi connectivity index (χ3n) is 5.89. The molecule has 7 heteroatoms. The first kappa shape index (κ1) is 23.0. The van der Waals surface area contributed by atoms with Gasteiger partial charge in [0.15, 0.2) is 0 Å². The third kappa shape index (κ3) is 5.24. The lowest BCUT2D eigenvalue weighted by Crippen LogP contribution is -2.50. The summed E-state index contributed by atoms with van der Waals surface area (Å²) in [5.41, 5.74) is 2.67. The fourth-order valence-electron chi connectivity index (χ4n) is 4.23. The Balaban J connectivity index is 1.52. The van der Waals surface area contributed by atoms with Gasteiger partial charge in [-0.15, -0.1) is 0 Å². The predicted molar refractivity (Wildman–Crippen MR) is 133 cm³/mol. The van der Waals surface area contributed by atoms with Crippen LogP contribution in [0.4, 0.5) is 11.4 Å². The number of para-hydroxylation sites is 2. The molecule has 1 atom stereocenters. The summed E-state index contributed by atoms with van der Waals surface area (Å²) in [5.74, 6) is 1.34. The molecule has 4 rings (SSSR count). The fraction of sp³-hybridized carbons (Fsp3) is 0.269. The molecule has 33 heavy (non-hydrogen) atoms. The highest BCUT2D eigenvalue weighted by Crippen LogP contribution is 2.32. The molecule has 172 valence electrons. The molecular weight excluding hydrogens is 438 g/mol. The minimum atomic E-state index is -0.410. The first-order chi connectivity index (χ1) is 16.1. The molecule has 0 bridgehead atoms. The Morgan fingerprint density at radius 3 is 2.21 bits per heavy atom. The first-order valence-electron chi connectivity index (χ1n) is 10.9. The molecule has 1 heterocycles. The summed E-state index contributed by atoms with van der Waals surface area (Å²) < 4.78 is 10.7. The van der Waals surface area contributed by atoms with Gasteiger partial charge in [-0.1, -0.05) is 54.1 Å². The van der Waals surface area contributed by atoms with Crippen molar-refractivity contribution in [3.05, 3.63) is 83.4 Å². The van der Waals surface area contributed by atoms with E-state index in [2.05, 4.69) is 21.2 Å². The van der Waals surface area contributed by atoms with E-state index < -0.39 is 6.04 Å². The normalized spacial score (nSPS) is 15.1. The third-order valence-corrected chi connectivity index (χ3v) is 6.18. The monoisotopic (exact) mass is 465 g/mol. The first-order valence-corrected chi connectivity index (χ1v) is 11.3. The van der Waals surface area contributed by atoms with E-state index in [0.29, 0.717) is 16.5 Å². The van der Waals surface area contributed by atoms with Crippen LogP contribution >= 0.6 is 11.6 Å². The van der Waals surface area contributed by atoms with Crippen LogP contribution in [-0.2, 0) is 4.79 Å². The lowest BCUT2D eigenvalue weighted by Gasteiger charge is -2.40. The number of amides is 1. The number of benzene rings is 3. The number of rotatable bonds is 7. The van der Waals surface area contributed by atoms with E-state index in [1.807, 2.05) is 48.5 Å². The van der Waals surface area contributed by atoms with Gasteiger partial charge in [0.05, 0.1) is 24.9 Å². The molecule has 1 fully saturated rings. The van der Waals surface area contributed by atoms with E-state index in [9.17, 15) is 4.79 Å². The molecule has 6 nitrogen and oxygen atoms in total. The number of nitrogens with zero attached hydrogens (tertiary/aromatic N) is 2. The number of anilines is 2. The largest absolute Gasteiger partial charge is 0.495 e. The van der Waals surface area contributed by atoms with Gasteiger partial charge in [0.2, 0.25) is 5.91 Å². The molecule has 1 aliphatic rings. The van der Waals surface area contributed by atoms with Gasteiger partial charge in [0.1, 0.15) is 17.5 Å². The number of methoxy groups -OCH3 is 2. The van der Waals surface area contributed by atoms with Crippen molar-refractivity contribution in [3.63, 3.8) is 0 Å². The number of nitrogens with one attached hydrogen (secondary N) is 1. The van der Waals surface area contributed by atoms with Crippen molar-refractivity contribution >= 4 is 28.9 Å². The number of carbonyl (C=O) groups excluding carboxylic acids is 1. The minimum absolute atomic E-state index is 0.0897. The SMILES string of the molecule is COc1ccc(NC(=O)[C@H](c2ccccc2)N2CCN(c3ccccc3OC)CC2)cc1Cl. The van der Waals surface area contributed by atoms with E-state index in [0.717, 1.165) is 43.2 Å². The topological polar surface area (TPSA) is 54.0 Å². The summed E-state index contributed by atoms with van der Waals surface area (Å²) in [6.07, 6.45) is 0. The summed E-state index contributed by atoms with van der Waals surface area (Å²) in [4.78, 5) is 18.0. The zero-order valence-electron chi connectivity index (χ0n) is 18.8. The molecule has 0 aliphatic carbocycles. The maximum absolute atomic E-state index is 13.5. The minimum Gasteiger partial charge on any atom is -0.495 e. The van der Waals surface area contributed by atoms with Crippen LogP contribution in [0.15, 0.2) is 72.8 Å². The molecule has 3 aromatic rings. The molecule has 0 spiro atoms. The number of hydrogen-bond acceptors (Lipinski definition) is 5. The molecule has 3 aromatic carbocycles. The van der Waals surface area contributed by atoms with Gasteiger partial charge in [-0.25, -0.2) is 0 Å². The van der Waals surface area contributed by atoms with E-state index in [4.69, 9.17) is 21.1 Å².